The van der Waals surface area contributed by atoms with E-state index < -0.39 is 0 Å². The summed E-state index contributed by atoms with van der Waals surface area (Å²) in [5, 5.41) is 0. The molecule has 0 aromatic carbocycles. The predicted molar refractivity (Wildman–Crippen MR) is 77.3 cm³/mol. The van der Waals surface area contributed by atoms with Crippen LogP contribution >= 0.6 is 0 Å². The van der Waals surface area contributed by atoms with Crippen molar-refractivity contribution < 1.29 is 39.6 Å². The summed E-state index contributed by atoms with van der Waals surface area (Å²) < 4.78 is 0. The average Bonchev–Trinajstić information content (AvgIpc) is 2.95. The van der Waals surface area contributed by atoms with Crippen molar-refractivity contribution >= 4 is 27.2 Å². The second kappa shape index (κ2) is 21.0. The van der Waals surface area contributed by atoms with Crippen LogP contribution in [-0.2, 0) is 39.6 Å². The van der Waals surface area contributed by atoms with Crippen LogP contribution in [0.25, 0.3) is 11.5 Å². The van der Waals surface area contributed by atoms with E-state index in [2.05, 4.69) is 42.1 Å². The van der Waals surface area contributed by atoms with Crippen LogP contribution in [0.5, 0.6) is 0 Å². The van der Waals surface area contributed by atoms with Gasteiger partial charge in [-0.25, -0.2) is 0 Å². The summed E-state index contributed by atoms with van der Waals surface area (Å²) in [6.07, 6.45) is 1.75. The molecule has 8 heteroatoms. The summed E-state index contributed by atoms with van der Waals surface area (Å²) in [5.74, 6) is 0.718. The Morgan fingerprint density at radius 1 is 0.909 bits per heavy atom. The molecule has 0 aliphatic heterocycles. The molecule has 0 saturated heterocycles. The van der Waals surface area contributed by atoms with Gasteiger partial charge in [0.05, 0.1) is 5.69 Å². The molecular weight excluding hydrogens is 460 g/mol. The second-order valence-electron chi connectivity index (χ2n) is 2.93. The summed E-state index contributed by atoms with van der Waals surface area (Å²) in [6, 6.07) is 5.73. The number of carbonyl (C=O) groups excluding carboxylic acids is 4. The minimum absolute atomic E-state index is 0. The molecule has 0 bridgehead atoms. The molecule has 0 N–H and O–H groups in total. The minimum Gasteiger partial charge on any atom is -0.545 e. The SMILES string of the molecule is Cc1nc(-c2ccccn2)[n-]c1C.[CH-]=O.[CH-]=O.[CH-]=O.[CH-]=O.[Re]. The van der Waals surface area contributed by atoms with Crippen molar-refractivity contribution in [3.8, 4) is 11.5 Å². The van der Waals surface area contributed by atoms with Gasteiger partial charge in [-0.2, -0.15) is 0 Å². The molecule has 0 aliphatic carbocycles. The molecule has 0 fully saturated rings. The van der Waals surface area contributed by atoms with Crippen molar-refractivity contribution in [2.45, 2.75) is 13.8 Å². The Bertz CT molecular complexity index is 453. The Morgan fingerprint density at radius 2 is 1.41 bits per heavy atom. The van der Waals surface area contributed by atoms with Gasteiger partial charge in [0.2, 0.25) is 0 Å². The first-order chi connectivity index (χ1) is 10.3. The zero-order valence-corrected chi connectivity index (χ0v) is 14.7. The average molecular weight is 474 g/mol. The largest absolute Gasteiger partial charge is 0.545 e. The number of nitrogens with zero attached hydrogens (tertiary/aromatic N) is 3. The van der Waals surface area contributed by atoms with E-state index in [1.165, 1.54) is 0 Å². The van der Waals surface area contributed by atoms with Gasteiger partial charge < -0.3 is 29.1 Å². The van der Waals surface area contributed by atoms with Crippen molar-refractivity contribution in [2.75, 3.05) is 0 Å². The van der Waals surface area contributed by atoms with Gasteiger partial charge in [-0.05, 0) is 31.8 Å². The maximum atomic E-state index is 7.75. The van der Waals surface area contributed by atoms with E-state index in [0.29, 0.717) is 0 Å². The Labute approximate surface area is 143 Å². The van der Waals surface area contributed by atoms with Crippen LogP contribution in [0.3, 0.4) is 0 Å². The minimum atomic E-state index is 0. The van der Waals surface area contributed by atoms with Crippen molar-refractivity contribution in [2.24, 2.45) is 0 Å². The summed E-state index contributed by atoms with van der Waals surface area (Å²) >= 11 is 0. The second-order valence-corrected chi connectivity index (χ2v) is 2.93. The van der Waals surface area contributed by atoms with E-state index in [0.717, 1.165) is 22.9 Å². The molecule has 0 atom stereocenters. The maximum Gasteiger partial charge on any atom is 0.0620 e. The van der Waals surface area contributed by atoms with Crippen LogP contribution < -0.4 is 4.98 Å². The van der Waals surface area contributed by atoms with E-state index in [-0.39, 0.29) is 20.4 Å². The van der Waals surface area contributed by atoms with E-state index in [9.17, 15) is 0 Å². The zero-order valence-electron chi connectivity index (χ0n) is 12.0. The number of rotatable bonds is 1. The molecule has 2 heterocycles. The molecule has 0 spiro atoms. The Morgan fingerprint density at radius 3 is 1.73 bits per heavy atom. The standard InChI is InChI=1S/C10H10N3.4CHO.Re/c1-7-8(2)13-10(12-7)9-5-3-4-6-11-9;4*1-2;/h3-6H,1-2H3;4*1H;/q5*-1;. The Balaban J connectivity index is -0.000000158. The smallest absolute Gasteiger partial charge is 0.0620 e. The van der Waals surface area contributed by atoms with Gasteiger partial charge >= 0.3 is 0 Å². The van der Waals surface area contributed by atoms with Crippen LogP contribution in [0, 0.1) is 13.8 Å². The fourth-order valence-electron chi connectivity index (χ4n) is 1.11. The fourth-order valence-corrected chi connectivity index (χ4v) is 1.11. The van der Waals surface area contributed by atoms with Gasteiger partial charge in [-0.1, -0.05) is 17.5 Å². The van der Waals surface area contributed by atoms with Crippen LogP contribution in [0.2, 0.25) is 0 Å². The summed E-state index contributed by atoms with van der Waals surface area (Å²) in [6.45, 7) is 16.9. The predicted octanol–water partition coefficient (Wildman–Crippen LogP) is 0.619. The summed E-state index contributed by atoms with van der Waals surface area (Å²) in [5.41, 5.74) is 2.78. The van der Waals surface area contributed by atoms with Gasteiger partial charge in [0, 0.05) is 26.6 Å². The zero-order chi connectivity index (χ0) is 17.3. The quantitative estimate of drug-likeness (QED) is 0.440. The number of aromatic nitrogens is 3. The molecule has 22 heavy (non-hydrogen) atoms. The van der Waals surface area contributed by atoms with Crippen LogP contribution in [-0.4, -0.2) is 37.1 Å². The van der Waals surface area contributed by atoms with E-state index >= 15 is 0 Å². The molecule has 1 radical (unpaired) electrons. The third kappa shape index (κ3) is 10.5. The van der Waals surface area contributed by atoms with Crippen LogP contribution in [0.4, 0.5) is 0 Å². The number of aryl methyl sites for hydroxylation is 2. The molecule has 0 saturated carbocycles. The first kappa shape index (κ1) is 27.9. The maximum absolute atomic E-state index is 7.75. The van der Waals surface area contributed by atoms with Crippen molar-refractivity contribution in [3.63, 3.8) is 0 Å². The van der Waals surface area contributed by atoms with Crippen LogP contribution in [0.15, 0.2) is 24.4 Å². The molecule has 7 nitrogen and oxygen atoms in total. The van der Waals surface area contributed by atoms with Gasteiger partial charge in [0.25, 0.3) is 0 Å². The third-order valence-electron chi connectivity index (χ3n) is 1.96. The summed E-state index contributed by atoms with van der Waals surface area (Å²) in [7, 11) is 0. The number of pyridine rings is 1. The monoisotopic (exact) mass is 475 g/mol. The topological polar surface area (TPSA) is 108 Å². The third-order valence-corrected chi connectivity index (χ3v) is 1.96. The molecular formula is C14H14N3O4Re-5. The first-order valence-corrected chi connectivity index (χ1v) is 5.11. The molecule has 2 rings (SSSR count). The van der Waals surface area contributed by atoms with Gasteiger partial charge in [-0.3, -0.25) is 32.1 Å². The molecule has 2 aromatic rings. The van der Waals surface area contributed by atoms with Crippen molar-refractivity contribution in [1.82, 2.24) is 15.0 Å². The summed E-state index contributed by atoms with van der Waals surface area (Å²) in [4.78, 5) is 43.8. The van der Waals surface area contributed by atoms with Gasteiger partial charge in [-0.15, -0.1) is 0 Å². The normalized spacial score (nSPS) is 6.82. The van der Waals surface area contributed by atoms with Crippen LogP contribution in [0.1, 0.15) is 11.4 Å². The number of hydrogen-bond donors (Lipinski definition) is 0. The van der Waals surface area contributed by atoms with Gasteiger partial charge in [0.15, 0.2) is 0 Å². The number of hydrogen-bond acceptors (Lipinski definition) is 6. The van der Waals surface area contributed by atoms with Crippen molar-refractivity contribution in [3.05, 3.63) is 35.8 Å². The van der Waals surface area contributed by atoms with E-state index in [1.807, 2.05) is 32.0 Å². The van der Waals surface area contributed by atoms with E-state index in [1.54, 1.807) is 6.20 Å². The Hall–Kier alpha value is -2.30. The molecule has 121 valence electrons. The molecule has 2 aromatic heterocycles. The molecule has 0 aliphatic rings. The molecule has 0 amide bonds. The van der Waals surface area contributed by atoms with Gasteiger partial charge in [0.1, 0.15) is 0 Å². The Kier molecular flexibility index (Phi) is 26.7. The number of imidazole rings is 1. The fraction of sp³-hybridized carbons (Fsp3) is 0.143. The van der Waals surface area contributed by atoms with Crippen molar-refractivity contribution in [1.29, 1.82) is 0 Å². The first-order valence-electron chi connectivity index (χ1n) is 5.11. The molecule has 0 unspecified atom stereocenters. The van der Waals surface area contributed by atoms with E-state index in [4.69, 9.17) is 19.2 Å².